The third-order valence-corrected chi connectivity index (χ3v) is 3.06. The molecule has 1 aliphatic heterocycles. The van der Waals surface area contributed by atoms with Gasteiger partial charge in [0.25, 0.3) is 10.7 Å². The summed E-state index contributed by atoms with van der Waals surface area (Å²) in [4.78, 5) is 23.0. The summed E-state index contributed by atoms with van der Waals surface area (Å²) in [5, 5.41) is 4.66. The lowest BCUT2D eigenvalue weighted by Crippen LogP contribution is -2.26. The predicted octanol–water partition coefficient (Wildman–Crippen LogP) is 1.61. The summed E-state index contributed by atoms with van der Waals surface area (Å²) in [6, 6.07) is 4.99. The van der Waals surface area contributed by atoms with E-state index in [1.807, 2.05) is 19.1 Å². The molecule has 3 amide bonds. The lowest BCUT2D eigenvalue weighted by molar-refractivity contribution is -0.121. The largest absolute Gasteiger partial charge is 0.429 e. The van der Waals surface area contributed by atoms with Gasteiger partial charge in [0.2, 0.25) is 0 Å². The van der Waals surface area contributed by atoms with Crippen LogP contribution in [-0.2, 0) is 4.79 Å². The van der Waals surface area contributed by atoms with Crippen LogP contribution in [0, 0.1) is 11.8 Å². The van der Waals surface area contributed by atoms with Gasteiger partial charge in [0.15, 0.2) is 11.7 Å². The van der Waals surface area contributed by atoms with Gasteiger partial charge < -0.3 is 9.73 Å². The number of aromatic nitrogens is 1. The van der Waals surface area contributed by atoms with E-state index < -0.39 is 18.1 Å². The van der Waals surface area contributed by atoms with Crippen LogP contribution >= 0.6 is 12.2 Å². The first kappa shape index (κ1) is 11.0. The average molecular weight is 263 g/mol. The molecule has 18 heavy (non-hydrogen) atoms. The van der Waals surface area contributed by atoms with Gasteiger partial charge in [0.05, 0.1) is 5.52 Å². The molecule has 0 saturated carbocycles. The summed E-state index contributed by atoms with van der Waals surface area (Å²) in [5.41, 5.74) is 2.28. The SMILES string of the molecule is Cc1ccc2oc(=S)n(C3NC(=O)NC3=O)c2c1. The lowest BCUT2D eigenvalue weighted by atomic mass is 10.2. The van der Waals surface area contributed by atoms with Crippen molar-refractivity contribution >= 4 is 35.3 Å². The van der Waals surface area contributed by atoms with E-state index in [-0.39, 0.29) is 4.84 Å². The number of nitrogens with zero attached hydrogens (tertiary/aromatic N) is 1. The van der Waals surface area contributed by atoms with Crippen molar-refractivity contribution in [2.24, 2.45) is 0 Å². The van der Waals surface area contributed by atoms with Crippen molar-refractivity contribution in [3.05, 3.63) is 28.6 Å². The summed E-state index contributed by atoms with van der Waals surface area (Å²) in [5.74, 6) is -0.444. The second-order valence-electron chi connectivity index (χ2n) is 4.07. The number of amides is 3. The Morgan fingerprint density at radius 3 is 2.83 bits per heavy atom. The second kappa shape index (κ2) is 3.67. The van der Waals surface area contributed by atoms with E-state index in [2.05, 4.69) is 10.6 Å². The maximum absolute atomic E-state index is 11.7. The highest BCUT2D eigenvalue weighted by Gasteiger charge is 2.33. The third kappa shape index (κ3) is 1.52. The number of rotatable bonds is 1. The highest BCUT2D eigenvalue weighted by molar-refractivity contribution is 7.71. The van der Waals surface area contributed by atoms with E-state index in [4.69, 9.17) is 16.6 Å². The average Bonchev–Trinajstić information content (AvgIpc) is 2.77. The molecule has 1 fully saturated rings. The Bertz CT molecular complexity index is 731. The maximum Gasteiger partial charge on any atom is 0.323 e. The molecule has 0 radical (unpaired) electrons. The number of aryl methyl sites for hydroxylation is 1. The summed E-state index contributed by atoms with van der Waals surface area (Å²) in [7, 11) is 0. The van der Waals surface area contributed by atoms with Crippen LogP contribution in [0.2, 0.25) is 0 Å². The Morgan fingerprint density at radius 2 is 2.17 bits per heavy atom. The molecular weight excluding hydrogens is 254 g/mol. The van der Waals surface area contributed by atoms with Gasteiger partial charge in [0, 0.05) is 0 Å². The normalized spacial score (nSPS) is 19.1. The fourth-order valence-corrected chi connectivity index (χ4v) is 2.27. The van der Waals surface area contributed by atoms with Crippen molar-refractivity contribution in [2.45, 2.75) is 13.1 Å². The van der Waals surface area contributed by atoms with Crippen molar-refractivity contribution in [2.75, 3.05) is 0 Å². The smallest absolute Gasteiger partial charge is 0.323 e. The molecule has 0 spiro atoms. The molecule has 1 aromatic heterocycles. The van der Waals surface area contributed by atoms with Gasteiger partial charge in [-0.15, -0.1) is 0 Å². The summed E-state index contributed by atoms with van der Waals surface area (Å²) in [6.45, 7) is 1.92. The van der Waals surface area contributed by atoms with Crippen LogP contribution < -0.4 is 10.6 Å². The molecule has 1 unspecified atom stereocenters. The van der Waals surface area contributed by atoms with Gasteiger partial charge >= 0.3 is 6.03 Å². The lowest BCUT2D eigenvalue weighted by Gasteiger charge is -2.09. The van der Waals surface area contributed by atoms with Crippen LogP contribution in [-0.4, -0.2) is 16.5 Å². The van der Waals surface area contributed by atoms with Crippen molar-refractivity contribution in [1.82, 2.24) is 15.2 Å². The van der Waals surface area contributed by atoms with E-state index in [1.165, 1.54) is 4.57 Å². The molecule has 2 aromatic rings. The number of hydrogen-bond donors (Lipinski definition) is 2. The zero-order valence-corrected chi connectivity index (χ0v) is 10.2. The number of imide groups is 1. The standard InChI is InChI=1S/C11H9N3O3S/c1-5-2-3-7-6(4-5)14(11(18)17-7)8-9(15)13-10(16)12-8/h2-4,8H,1H3,(H2,12,13,15,16). The number of urea groups is 1. The Morgan fingerprint density at radius 1 is 1.39 bits per heavy atom. The van der Waals surface area contributed by atoms with E-state index in [0.29, 0.717) is 11.1 Å². The van der Waals surface area contributed by atoms with Crippen LogP contribution in [0.1, 0.15) is 11.7 Å². The van der Waals surface area contributed by atoms with Gasteiger partial charge in [-0.1, -0.05) is 6.07 Å². The van der Waals surface area contributed by atoms with Crippen LogP contribution in [0.3, 0.4) is 0 Å². The highest BCUT2D eigenvalue weighted by Crippen LogP contribution is 2.23. The summed E-state index contributed by atoms with van der Waals surface area (Å²) >= 11 is 5.09. The first-order valence-electron chi connectivity index (χ1n) is 5.29. The van der Waals surface area contributed by atoms with Crippen LogP contribution in [0.15, 0.2) is 22.6 Å². The number of oxazole rings is 1. The van der Waals surface area contributed by atoms with Crippen molar-refractivity contribution in [3.63, 3.8) is 0 Å². The molecule has 1 aliphatic rings. The summed E-state index contributed by atoms with van der Waals surface area (Å²) < 4.78 is 6.89. The fraction of sp³-hybridized carbons (Fsp3) is 0.182. The highest BCUT2D eigenvalue weighted by atomic mass is 32.1. The molecule has 0 aliphatic carbocycles. The molecule has 92 valence electrons. The first-order chi connectivity index (χ1) is 8.56. The van der Waals surface area contributed by atoms with Gasteiger partial charge in [-0.2, -0.15) is 0 Å². The van der Waals surface area contributed by atoms with Crippen LogP contribution in [0.5, 0.6) is 0 Å². The molecule has 3 rings (SSSR count). The Hall–Kier alpha value is -2.15. The monoisotopic (exact) mass is 263 g/mol. The quantitative estimate of drug-likeness (QED) is 0.605. The Balaban J connectivity index is 2.25. The summed E-state index contributed by atoms with van der Waals surface area (Å²) in [6.07, 6.45) is -0.854. The second-order valence-corrected chi connectivity index (χ2v) is 4.42. The van der Waals surface area contributed by atoms with Gasteiger partial charge in [-0.05, 0) is 36.8 Å². The van der Waals surface area contributed by atoms with Crippen molar-refractivity contribution in [3.8, 4) is 0 Å². The van der Waals surface area contributed by atoms with Crippen LogP contribution in [0.4, 0.5) is 4.79 Å². The minimum absolute atomic E-state index is 0.151. The molecule has 1 aromatic carbocycles. The molecule has 0 bridgehead atoms. The number of nitrogens with one attached hydrogen (secondary N) is 2. The molecule has 6 nitrogen and oxygen atoms in total. The molecular formula is C11H9N3O3S. The Labute approximate surface area is 107 Å². The number of benzene rings is 1. The fourth-order valence-electron chi connectivity index (χ4n) is 1.98. The molecule has 1 saturated heterocycles. The third-order valence-electron chi connectivity index (χ3n) is 2.78. The zero-order valence-electron chi connectivity index (χ0n) is 9.39. The number of carbonyl (C=O) groups excluding carboxylic acids is 2. The van der Waals surface area contributed by atoms with Gasteiger partial charge in [-0.3, -0.25) is 14.7 Å². The molecule has 2 heterocycles. The van der Waals surface area contributed by atoms with Crippen molar-refractivity contribution < 1.29 is 14.0 Å². The first-order valence-corrected chi connectivity index (χ1v) is 5.70. The van der Waals surface area contributed by atoms with E-state index in [1.54, 1.807) is 6.07 Å². The molecule has 2 N–H and O–H groups in total. The minimum Gasteiger partial charge on any atom is -0.429 e. The van der Waals surface area contributed by atoms with Crippen LogP contribution in [0.25, 0.3) is 11.1 Å². The number of fused-ring (bicyclic) bond motifs is 1. The minimum atomic E-state index is -0.854. The zero-order chi connectivity index (χ0) is 12.9. The predicted molar refractivity (Wildman–Crippen MR) is 65.5 cm³/mol. The molecule has 1 atom stereocenters. The van der Waals surface area contributed by atoms with E-state index in [0.717, 1.165) is 5.56 Å². The number of carbonyl (C=O) groups is 2. The maximum atomic E-state index is 11.7. The van der Waals surface area contributed by atoms with Crippen molar-refractivity contribution in [1.29, 1.82) is 0 Å². The Kier molecular flexibility index (Phi) is 2.24. The van der Waals surface area contributed by atoms with Gasteiger partial charge in [0.1, 0.15) is 0 Å². The van der Waals surface area contributed by atoms with E-state index in [9.17, 15) is 9.59 Å². The van der Waals surface area contributed by atoms with E-state index >= 15 is 0 Å². The number of hydrogen-bond acceptors (Lipinski definition) is 4. The van der Waals surface area contributed by atoms with Gasteiger partial charge in [-0.25, -0.2) is 4.79 Å². The molecule has 7 heteroatoms. The topological polar surface area (TPSA) is 76.3 Å².